The molecule has 0 bridgehead atoms. The van der Waals surface area contributed by atoms with Crippen LogP contribution >= 0.6 is 0 Å². The van der Waals surface area contributed by atoms with Crippen molar-refractivity contribution in [2.24, 2.45) is 5.73 Å². The summed E-state index contributed by atoms with van der Waals surface area (Å²) in [6.45, 7) is 1.51. The number of hydrogen-bond acceptors (Lipinski definition) is 3. The molecule has 0 fully saturated rings. The van der Waals surface area contributed by atoms with Crippen molar-refractivity contribution in [1.82, 2.24) is 5.32 Å². The lowest BCUT2D eigenvalue weighted by Crippen LogP contribution is -2.47. The minimum Gasteiger partial charge on any atom is -0.478 e. The smallest absolute Gasteiger partial charge is 0.335 e. The number of nitrogens with two attached hydrogens (primary N) is 1. The van der Waals surface area contributed by atoms with Gasteiger partial charge in [-0.25, -0.2) is 9.59 Å². The molecule has 1 rings (SSSR count). The molecule has 1 atom stereocenters. The molecule has 0 aromatic heterocycles. The Morgan fingerprint density at radius 3 is 2.21 bits per heavy atom. The molecule has 0 saturated heterocycles. The Balaban J connectivity index is 2.82. The number of nitrogens with one attached hydrogen (secondary N) is 1. The molecular formula is C12H15N3O4. The molecule has 4 N–H and O–H groups in total. The average Bonchev–Trinajstić information content (AvgIpc) is 2.36. The third kappa shape index (κ3) is 3.70. The number of amides is 3. The molecule has 1 unspecified atom stereocenters. The van der Waals surface area contributed by atoms with Gasteiger partial charge < -0.3 is 21.1 Å². The maximum atomic E-state index is 11.9. The number of hydrogen-bond donors (Lipinski definition) is 3. The van der Waals surface area contributed by atoms with Crippen molar-refractivity contribution in [2.45, 2.75) is 13.0 Å². The molecule has 0 radical (unpaired) electrons. The number of primary amides is 1. The molecule has 0 heterocycles. The fraction of sp³-hybridized carbons (Fsp3) is 0.250. The molecule has 1 aromatic carbocycles. The number of anilines is 1. The number of carbonyl (C=O) groups is 3. The number of nitrogens with zero attached hydrogens (tertiary/aromatic N) is 1. The number of carbonyl (C=O) groups excluding carboxylic acids is 2. The van der Waals surface area contributed by atoms with E-state index in [1.54, 1.807) is 0 Å². The first-order valence-corrected chi connectivity index (χ1v) is 5.50. The molecular weight excluding hydrogens is 250 g/mol. The Morgan fingerprint density at radius 1 is 1.26 bits per heavy atom. The minimum absolute atomic E-state index is 0.132. The summed E-state index contributed by atoms with van der Waals surface area (Å²) in [5.74, 6) is -1.40. The fourth-order valence-corrected chi connectivity index (χ4v) is 1.52. The molecule has 0 aliphatic rings. The van der Waals surface area contributed by atoms with Crippen molar-refractivity contribution in [1.29, 1.82) is 0 Å². The van der Waals surface area contributed by atoms with Crippen LogP contribution in [0.15, 0.2) is 24.3 Å². The van der Waals surface area contributed by atoms with Gasteiger partial charge in [-0.05, 0) is 31.2 Å². The summed E-state index contributed by atoms with van der Waals surface area (Å²) >= 11 is 0. The monoisotopic (exact) mass is 265 g/mol. The Hall–Kier alpha value is -2.57. The van der Waals surface area contributed by atoms with Crippen LogP contribution in [0.25, 0.3) is 0 Å². The Labute approximate surface area is 110 Å². The number of rotatable bonds is 4. The van der Waals surface area contributed by atoms with Crippen molar-refractivity contribution in [3.8, 4) is 0 Å². The van der Waals surface area contributed by atoms with Gasteiger partial charge in [-0.15, -0.1) is 0 Å². The largest absolute Gasteiger partial charge is 0.478 e. The van der Waals surface area contributed by atoms with Gasteiger partial charge in [-0.2, -0.15) is 0 Å². The van der Waals surface area contributed by atoms with Crippen LogP contribution in [0.3, 0.4) is 0 Å². The summed E-state index contributed by atoms with van der Waals surface area (Å²) in [6, 6.07) is 4.27. The van der Waals surface area contributed by atoms with E-state index >= 15 is 0 Å². The number of benzene rings is 1. The van der Waals surface area contributed by atoms with E-state index in [2.05, 4.69) is 5.32 Å². The maximum absolute atomic E-state index is 11.9. The molecule has 3 amide bonds. The van der Waals surface area contributed by atoms with Crippen molar-refractivity contribution < 1.29 is 19.5 Å². The van der Waals surface area contributed by atoms with E-state index in [0.29, 0.717) is 5.69 Å². The van der Waals surface area contributed by atoms with Crippen LogP contribution in [0.1, 0.15) is 17.3 Å². The zero-order valence-corrected chi connectivity index (χ0v) is 10.6. The first kappa shape index (κ1) is 14.5. The van der Waals surface area contributed by atoms with E-state index < -0.39 is 18.0 Å². The van der Waals surface area contributed by atoms with E-state index in [1.165, 1.54) is 43.1 Å². The lowest BCUT2D eigenvalue weighted by molar-refractivity contribution is -0.119. The van der Waals surface area contributed by atoms with E-state index in [1.807, 2.05) is 0 Å². The summed E-state index contributed by atoms with van der Waals surface area (Å²) in [4.78, 5) is 34.6. The van der Waals surface area contributed by atoms with E-state index in [9.17, 15) is 14.4 Å². The quantitative estimate of drug-likeness (QED) is 0.731. The third-order valence-corrected chi connectivity index (χ3v) is 2.56. The second kappa shape index (κ2) is 5.85. The van der Waals surface area contributed by atoms with Gasteiger partial charge in [-0.3, -0.25) is 4.79 Å². The highest BCUT2D eigenvalue weighted by Crippen LogP contribution is 2.14. The lowest BCUT2D eigenvalue weighted by Gasteiger charge is -2.21. The fourth-order valence-electron chi connectivity index (χ4n) is 1.52. The molecule has 102 valence electrons. The summed E-state index contributed by atoms with van der Waals surface area (Å²) in [5, 5.41) is 11.0. The maximum Gasteiger partial charge on any atom is 0.335 e. The third-order valence-electron chi connectivity index (χ3n) is 2.56. The number of carboxylic acid groups (broad SMARTS) is 1. The number of carboxylic acids is 1. The first-order chi connectivity index (χ1) is 8.82. The van der Waals surface area contributed by atoms with E-state index in [-0.39, 0.29) is 11.5 Å². The van der Waals surface area contributed by atoms with Gasteiger partial charge in [0.1, 0.15) is 6.04 Å². The highest BCUT2D eigenvalue weighted by Gasteiger charge is 2.19. The van der Waals surface area contributed by atoms with Crippen LogP contribution in [0, 0.1) is 0 Å². The highest BCUT2D eigenvalue weighted by atomic mass is 16.4. The van der Waals surface area contributed by atoms with Crippen LogP contribution in [0.5, 0.6) is 0 Å². The molecule has 7 nitrogen and oxygen atoms in total. The molecule has 0 aliphatic heterocycles. The van der Waals surface area contributed by atoms with Gasteiger partial charge in [0, 0.05) is 12.7 Å². The van der Waals surface area contributed by atoms with Crippen LogP contribution in [-0.2, 0) is 4.79 Å². The van der Waals surface area contributed by atoms with Crippen molar-refractivity contribution in [3.63, 3.8) is 0 Å². The Bertz CT molecular complexity index is 498. The van der Waals surface area contributed by atoms with Gasteiger partial charge >= 0.3 is 12.0 Å². The van der Waals surface area contributed by atoms with Gasteiger partial charge in [0.15, 0.2) is 0 Å². The number of likely N-dealkylation sites (N-methyl/N-ethyl adjacent to an activating group) is 1. The van der Waals surface area contributed by atoms with Gasteiger partial charge in [0.25, 0.3) is 0 Å². The zero-order valence-electron chi connectivity index (χ0n) is 10.6. The minimum atomic E-state index is -1.04. The molecule has 0 spiro atoms. The molecule has 19 heavy (non-hydrogen) atoms. The predicted octanol–water partition coefficient (Wildman–Crippen LogP) is 0.404. The van der Waals surface area contributed by atoms with Gasteiger partial charge in [0.05, 0.1) is 5.56 Å². The first-order valence-electron chi connectivity index (χ1n) is 5.50. The van der Waals surface area contributed by atoms with Gasteiger partial charge in [0.2, 0.25) is 5.91 Å². The van der Waals surface area contributed by atoms with E-state index in [4.69, 9.17) is 10.8 Å². The van der Waals surface area contributed by atoms with Crippen molar-refractivity contribution in [3.05, 3.63) is 29.8 Å². The Kier molecular flexibility index (Phi) is 4.46. The van der Waals surface area contributed by atoms with E-state index in [0.717, 1.165) is 0 Å². The molecule has 0 saturated carbocycles. The molecule has 0 aliphatic carbocycles. The molecule has 1 aromatic rings. The number of urea groups is 1. The second-order valence-electron chi connectivity index (χ2n) is 3.98. The normalized spacial score (nSPS) is 11.5. The summed E-state index contributed by atoms with van der Waals surface area (Å²) in [5.41, 5.74) is 5.59. The SMILES string of the molecule is CC(NC(N)=O)C(=O)N(C)c1ccc(C(=O)O)cc1. The zero-order chi connectivity index (χ0) is 14.6. The average molecular weight is 265 g/mol. The summed E-state index contributed by atoms with van der Waals surface area (Å²) in [6.07, 6.45) is 0. The summed E-state index contributed by atoms with van der Waals surface area (Å²) < 4.78 is 0. The van der Waals surface area contributed by atoms with Crippen molar-refractivity contribution >= 4 is 23.6 Å². The van der Waals surface area contributed by atoms with Crippen LogP contribution in [0.2, 0.25) is 0 Å². The van der Waals surface area contributed by atoms with Crippen molar-refractivity contribution in [2.75, 3.05) is 11.9 Å². The highest BCUT2D eigenvalue weighted by molar-refractivity contribution is 5.98. The Morgan fingerprint density at radius 2 is 1.79 bits per heavy atom. The standard InChI is InChI=1S/C12H15N3O4/c1-7(14-12(13)19)10(16)15(2)9-5-3-8(4-6-9)11(17)18/h3-7H,1-2H3,(H,17,18)(H3,13,14,19). The lowest BCUT2D eigenvalue weighted by atomic mass is 10.2. The van der Waals surface area contributed by atoms with Crippen LogP contribution < -0.4 is 16.0 Å². The summed E-state index contributed by atoms with van der Waals surface area (Å²) in [7, 11) is 1.53. The van der Waals surface area contributed by atoms with Crippen LogP contribution in [0.4, 0.5) is 10.5 Å². The topological polar surface area (TPSA) is 113 Å². The van der Waals surface area contributed by atoms with Crippen LogP contribution in [-0.4, -0.2) is 36.1 Å². The number of aromatic carboxylic acids is 1. The van der Waals surface area contributed by atoms with Gasteiger partial charge in [-0.1, -0.05) is 0 Å². The molecule has 7 heteroatoms. The predicted molar refractivity (Wildman–Crippen MR) is 69.0 cm³/mol. The second-order valence-corrected chi connectivity index (χ2v) is 3.98.